The first kappa shape index (κ1) is 14.4. The molecule has 1 amide bonds. The van der Waals surface area contributed by atoms with Gasteiger partial charge in [-0.1, -0.05) is 30.3 Å². The molecule has 3 N–H and O–H groups in total. The number of carbonyl (C=O) groups excluding carboxylic acids is 1. The number of nitrogens with two attached hydrogens (primary N) is 1. The fourth-order valence-electron chi connectivity index (χ4n) is 2.70. The zero-order chi connectivity index (χ0) is 12.6. The maximum Gasteiger partial charge on any atom is 0.230 e. The Balaban J connectivity index is 0.00000133. The van der Waals surface area contributed by atoms with Gasteiger partial charge in [0.15, 0.2) is 0 Å². The number of halogens is 1. The average Bonchev–Trinajstić information content (AvgIpc) is 3.30. The first-order chi connectivity index (χ1) is 8.76. The molecule has 0 heterocycles. The van der Waals surface area contributed by atoms with E-state index in [2.05, 4.69) is 17.4 Å². The van der Waals surface area contributed by atoms with E-state index in [0.29, 0.717) is 12.5 Å². The first-order valence-electron chi connectivity index (χ1n) is 6.83. The average molecular weight is 281 g/mol. The molecule has 19 heavy (non-hydrogen) atoms. The molecular weight excluding hydrogens is 260 g/mol. The standard InChI is InChI=1S/C15H20N2O.ClH/c16-10-13(11-6-7-11)17-14(18)15(8-9-15)12-4-2-1-3-5-12;/h1-5,11,13H,6-10,16H2,(H,17,18);1H. The number of amides is 1. The van der Waals surface area contributed by atoms with Crippen molar-refractivity contribution in [2.24, 2.45) is 11.7 Å². The monoisotopic (exact) mass is 280 g/mol. The number of nitrogens with one attached hydrogen (secondary N) is 1. The van der Waals surface area contributed by atoms with Crippen molar-refractivity contribution in [3.05, 3.63) is 35.9 Å². The van der Waals surface area contributed by atoms with E-state index >= 15 is 0 Å². The maximum absolute atomic E-state index is 12.5. The molecule has 3 rings (SSSR count). The van der Waals surface area contributed by atoms with Crippen molar-refractivity contribution in [1.29, 1.82) is 0 Å². The topological polar surface area (TPSA) is 55.1 Å². The Morgan fingerprint density at radius 3 is 2.42 bits per heavy atom. The van der Waals surface area contributed by atoms with Crippen LogP contribution in [0.4, 0.5) is 0 Å². The van der Waals surface area contributed by atoms with Gasteiger partial charge in [0.1, 0.15) is 0 Å². The second-order valence-electron chi connectivity index (χ2n) is 5.60. The van der Waals surface area contributed by atoms with Crippen LogP contribution in [0.25, 0.3) is 0 Å². The summed E-state index contributed by atoms with van der Waals surface area (Å²) in [5.41, 5.74) is 6.64. The molecule has 0 aromatic heterocycles. The summed E-state index contributed by atoms with van der Waals surface area (Å²) in [5.74, 6) is 0.793. The van der Waals surface area contributed by atoms with Crippen LogP contribution < -0.4 is 11.1 Å². The normalized spacial score (nSPS) is 21.1. The number of carbonyl (C=O) groups is 1. The van der Waals surface area contributed by atoms with E-state index in [0.717, 1.165) is 18.4 Å². The Morgan fingerprint density at radius 1 is 1.32 bits per heavy atom. The molecule has 1 unspecified atom stereocenters. The van der Waals surface area contributed by atoms with E-state index in [-0.39, 0.29) is 29.8 Å². The number of hydrogen-bond acceptors (Lipinski definition) is 2. The van der Waals surface area contributed by atoms with Crippen molar-refractivity contribution in [2.45, 2.75) is 37.1 Å². The smallest absolute Gasteiger partial charge is 0.230 e. The molecule has 0 bridgehead atoms. The highest BCUT2D eigenvalue weighted by Gasteiger charge is 2.52. The van der Waals surface area contributed by atoms with Crippen molar-refractivity contribution in [1.82, 2.24) is 5.32 Å². The molecular formula is C15H21ClN2O. The Morgan fingerprint density at radius 2 is 1.95 bits per heavy atom. The molecule has 4 heteroatoms. The second kappa shape index (κ2) is 5.51. The zero-order valence-electron chi connectivity index (χ0n) is 11.0. The SMILES string of the molecule is Cl.NCC(NC(=O)C1(c2ccccc2)CC1)C1CC1. The van der Waals surface area contributed by atoms with Crippen LogP contribution in [0.2, 0.25) is 0 Å². The van der Waals surface area contributed by atoms with Crippen LogP contribution in [0.3, 0.4) is 0 Å². The summed E-state index contributed by atoms with van der Waals surface area (Å²) >= 11 is 0. The summed E-state index contributed by atoms with van der Waals surface area (Å²) < 4.78 is 0. The molecule has 0 spiro atoms. The summed E-state index contributed by atoms with van der Waals surface area (Å²) in [7, 11) is 0. The van der Waals surface area contributed by atoms with Crippen LogP contribution in [-0.4, -0.2) is 18.5 Å². The fourth-order valence-corrected chi connectivity index (χ4v) is 2.70. The second-order valence-corrected chi connectivity index (χ2v) is 5.60. The molecule has 0 aliphatic heterocycles. The van der Waals surface area contributed by atoms with Crippen molar-refractivity contribution in [3.8, 4) is 0 Å². The lowest BCUT2D eigenvalue weighted by Crippen LogP contribution is -2.46. The van der Waals surface area contributed by atoms with E-state index in [1.807, 2.05) is 18.2 Å². The lowest BCUT2D eigenvalue weighted by Gasteiger charge is -2.21. The highest BCUT2D eigenvalue weighted by Crippen LogP contribution is 2.48. The molecule has 2 fully saturated rings. The van der Waals surface area contributed by atoms with Crippen LogP contribution >= 0.6 is 12.4 Å². The van der Waals surface area contributed by atoms with Gasteiger partial charge in [0.05, 0.1) is 5.41 Å². The van der Waals surface area contributed by atoms with Gasteiger partial charge in [-0.25, -0.2) is 0 Å². The van der Waals surface area contributed by atoms with Gasteiger partial charge in [0, 0.05) is 12.6 Å². The summed E-state index contributed by atoms with van der Waals surface area (Å²) in [6.45, 7) is 0.557. The van der Waals surface area contributed by atoms with Crippen molar-refractivity contribution in [2.75, 3.05) is 6.54 Å². The molecule has 104 valence electrons. The molecule has 2 saturated carbocycles. The zero-order valence-corrected chi connectivity index (χ0v) is 11.8. The molecule has 2 aliphatic rings. The van der Waals surface area contributed by atoms with Gasteiger partial charge in [-0.2, -0.15) is 0 Å². The van der Waals surface area contributed by atoms with E-state index in [1.54, 1.807) is 0 Å². The minimum atomic E-state index is -0.260. The summed E-state index contributed by atoms with van der Waals surface area (Å²) in [6.07, 6.45) is 4.34. The molecule has 1 aromatic carbocycles. The highest BCUT2D eigenvalue weighted by atomic mass is 35.5. The van der Waals surface area contributed by atoms with Gasteiger partial charge in [-0.05, 0) is 37.2 Å². The maximum atomic E-state index is 12.5. The van der Waals surface area contributed by atoms with Gasteiger partial charge < -0.3 is 11.1 Å². The van der Waals surface area contributed by atoms with Crippen LogP contribution in [0, 0.1) is 5.92 Å². The lowest BCUT2D eigenvalue weighted by atomic mass is 9.94. The fraction of sp³-hybridized carbons (Fsp3) is 0.533. The largest absolute Gasteiger partial charge is 0.351 e. The van der Waals surface area contributed by atoms with E-state index in [9.17, 15) is 4.79 Å². The van der Waals surface area contributed by atoms with E-state index < -0.39 is 0 Å². The van der Waals surface area contributed by atoms with Crippen molar-refractivity contribution < 1.29 is 4.79 Å². The molecule has 3 nitrogen and oxygen atoms in total. The van der Waals surface area contributed by atoms with E-state index in [1.165, 1.54) is 12.8 Å². The Bertz CT molecular complexity index is 441. The molecule has 1 atom stereocenters. The number of hydrogen-bond donors (Lipinski definition) is 2. The lowest BCUT2D eigenvalue weighted by molar-refractivity contribution is -0.124. The summed E-state index contributed by atoms with van der Waals surface area (Å²) in [6, 6.07) is 10.3. The van der Waals surface area contributed by atoms with Gasteiger partial charge in [-0.15, -0.1) is 12.4 Å². The minimum absolute atomic E-state index is 0. The Labute approximate surface area is 120 Å². The highest BCUT2D eigenvalue weighted by molar-refractivity contribution is 5.91. The van der Waals surface area contributed by atoms with Crippen LogP contribution in [0.1, 0.15) is 31.2 Å². The molecule has 0 saturated heterocycles. The Hall–Kier alpha value is -1.06. The summed E-state index contributed by atoms with van der Waals surface area (Å²) in [5, 5.41) is 3.17. The van der Waals surface area contributed by atoms with Crippen LogP contribution in [0.15, 0.2) is 30.3 Å². The number of rotatable bonds is 5. The predicted molar refractivity (Wildman–Crippen MR) is 78.3 cm³/mol. The van der Waals surface area contributed by atoms with Gasteiger partial charge >= 0.3 is 0 Å². The van der Waals surface area contributed by atoms with E-state index in [4.69, 9.17) is 5.73 Å². The van der Waals surface area contributed by atoms with Crippen molar-refractivity contribution >= 4 is 18.3 Å². The van der Waals surface area contributed by atoms with Crippen LogP contribution in [-0.2, 0) is 10.2 Å². The third-order valence-electron chi connectivity index (χ3n) is 4.27. The molecule has 2 aliphatic carbocycles. The predicted octanol–water partition coefficient (Wildman–Crippen LogP) is 1.99. The molecule has 1 aromatic rings. The molecule has 0 radical (unpaired) electrons. The third kappa shape index (κ3) is 2.77. The minimum Gasteiger partial charge on any atom is -0.351 e. The Kier molecular flexibility index (Phi) is 4.16. The third-order valence-corrected chi connectivity index (χ3v) is 4.27. The van der Waals surface area contributed by atoms with Gasteiger partial charge in [0.2, 0.25) is 5.91 Å². The van der Waals surface area contributed by atoms with Crippen molar-refractivity contribution in [3.63, 3.8) is 0 Å². The number of benzene rings is 1. The first-order valence-corrected chi connectivity index (χ1v) is 6.83. The quantitative estimate of drug-likeness (QED) is 0.867. The van der Waals surface area contributed by atoms with Crippen LogP contribution in [0.5, 0.6) is 0 Å². The van der Waals surface area contributed by atoms with Gasteiger partial charge in [0.25, 0.3) is 0 Å². The van der Waals surface area contributed by atoms with Gasteiger partial charge in [-0.3, -0.25) is 4.79 Å². The summed E-state index contributed by atoms with van der Waals surface area (Å²) in [4.78, 5) is 12.5.